The van der Waals surface area contributed by atoms with E-state index in [4.69, 9.17) is 11.6 Å². The largest absolute Gasteiger partial charge is 0.331 e. The van der Waals surface area contributed by atoms with Crippen LogP contribution in [0.4, 0.5) is 0 Å². The quantitative estimate of drug-likeness (QED) is 0.593. The lowest BCUT2D eigenvalue weighted by atomic mass is 10.4. The van der Waals surface area contributed by atoms with Gasteiger partial charge in [-0.1, -0.05) is 18.2 Å². The van der Waals surface area contributed by atoms with Gasteiger partial charge in [0, 0.05) is 12.0 Å². The Morgan fingerprint density at radius 1 is 1.73 bits per heavy atom. The maximum Gasteiger partial charge on any atom is 0.220 e. The standard InChI is InChI=1S/C7H10ClNO2/c1-6(8)5-9(3-4-10)7(2)11/h4H,1,3,5H2,2H3. The van der Waals surface area contributed by atoms with E-state index in [0.717, 1.165) is 0 Å². The van der Waals surface area contributed by atoms with Gasteiger partial charge in [-0.25, -0.2) is 0 Å². The molecular formula is C7H10ClNO2. The Bertz CT molecular complexity index is 179. The minimum Gasteiger partial charge on any atom is -0.331 e. The summed E-state index contributed by atoms with van der Waals surface area (Å²) in [5, 5.41) is 0.349. The summed E-state index contributed by atoms with van der Waals surface area (Å²) in [6, 6.07) is 0. The van der Waals surface area contributed by atoms with Gasteiger partial charge in [-0.05, 0) is 0 Å². The summed E-state index contributed by atoms with van der Waals surface area (Å²) in [5.41, 5.74) is 0. The summed E-state index contributed by atoms with van der Waals surface area (Å²) in [7, 11) is 0. The van der Waals surface area contributed by atoms with Gasteiger partial charge in [0.2, 0.25) is 5.91 Å². The molecule has 0 rings (SSSR count). The maximum atomic E-state index is 10.7. The number of carbonyl (C=O) groups excluding carboxylic acids is 2. The Morgan fingerprint density at radius 3 is 2.55 bits per heavy atom. The van der Waals surface area contributed by atoms with Crippen molar-refractivity contribution in [3.63, 3.8) is 0 Å². The van der Waals surface area contributed by atoms with E-state index in [2.05, 4.69) is 6.58 Å². The Hall–Kier alpha value is -0.830. The molecule has 1 amide bonds. The maximum absolute atomic E-state index is 10.7. The number of aldehydes is 1. The van der Waals surface area contributed by atoms with Crippen molar-refractivity contribution in [2.24, 2.45) is 0 Å². The van der Waals surface area contributed by atoms with Crippen LogP contribution in [0.25, 0.3) is 0 Å². The molecule has 0 spiro atoms. The van der Waals surface area contributed by atoms with Gasteiger partial charge < -0.3 is 9.69 Å². The summed E-state index contributed by atoms with van der Waals surface area (Å²) in [4.78, 5) is 22.1. The average Bonchev–Trinajstić information content (AvgIpc) is 1.86. The van der Waals surface area contributed by atoms with E-state index in [9.17, 15) is 9.59 Å². The number of nitrogens with zero attached hydrogens (tertiary/aromatic N) is 1. The number of hydrogen-bond donors (Lipinski definition) is 0. The highest BCUT2D eigenvalue weighted by Crippen LogP contribution is 2.00. The monoisotopic (exact) mass is 175 g/mol. The minimum atomic E-state index is -0.182. The Balaban J connectivity index is 3.99. The highest BCUT2D eigenvalue weighted by molar-refractivity contribution is 6.29. The normalized spacial score (nSPS) is 8.91. The molecule has 0 saturated heterocycles. The second kappa shape index (κ2) is 4.91. The summed E-state index contributed by atoms with van der Waals surface area (Å²) in [5.74, 6) is -0.182. The predicted molar refractivity (Wildman–Crippen MR) is 43.3 cm³/mol. The fraction of sp³-hybridized carbons (Fsp3) is 0.429. The van der Waals surface area contributed by atoms with Gasteiger partial charge in [-0.15, -0.1) is 0 Å². The van der Waals surface area contributed by atoms with Crippen LogP contribution in [0.2, 0.25) is 0 Å². The Labute approximate surface area is 70.6 Å². The third kappa shape index (κ3) is 4.56. The van der Waals surface area contributed by atoms with Crippen molar-refractivity contribution in [1.29, 1.82) is 0 Å². The van der Waals surface area contributed by atoms with Crippen molar-refractivity contribution in [3.8, 4) is 0 Å². The smallest absolute Gasteiger partial charge is 0.220 e. The van der Waals surface area contributed by atoms with Crippen LogP contribution in [0.3, 0.4) is 0 Å². The van der Waals surface area contributed by atoms with Gasteiger partial charge in [0.05, 0.1) is 13.1 Å². The molecule has 0 saturated carbocycles. The van der Waals surface area contributed by atoms with Crippen molar-refractivity contribution in [2.45, 2.75) is 6.92 Å². The van der Waals surface area contributed by atoms with E-state index in [1.807, 2.05) is 0 Å². The van der Waals surface area contributed by atoms with Crippen molar-refractivity contribution in [1.82, 2.24) is 4.90 Å². The molecule has 0 aromatic heterocycles. The molecule has 3 nitrogen and oxygen atoms in total. The number of carbonyl (C=O) groups is 2. The molecule has 0 unspecified atom stereocenters. The van der Waals surface area contributed by atoms with E-state index < -0.39 is 0 Å². The van der Waals surface area contributed by atoms with Crippen molar-refractivity contribution in [2.75, 3.05) is 13.1 Å². The molecule has 4 heteroatoms. The summed E-state index contributed by atoms with van der Waals surface area (Å²) in [6.45, 7) is 5.10. The topological polar surface area (TPSA) is 37.4 Å². The molecule has 0 heterocycles. The molecule has 0 atom stereocenters. The molecule has 0 aliphatic rings. The zero-order chi connectivity index (χ0) is 8.85. The Kier molecular flexibility index (Phi) is 4.54. The van der Waals surface area contributed by atoms with Gasteiger partial charge >= 0.3 is 0 Å². The number of amides is 1. The molecule has 62 valence electrons. The second-order valence-electron chi connectivity index (χ2n) is 2.08. The zero-order valence-electron chi connectivity index (χ0n) is 6.34. The van der Waals surface area contributed by atoms with Crippen molar-refractivity contribution < 1.29 is 9.59 Å². The average molecular weight is 176 g/mol. The third-order valence-electron chi connectivity index (χ3n) is 1.10. The lowest BCUT2D eigenvalue weighted by Crippen LogP contribution is -2.31. The van der Waals surface area contributed by atoms with Gasteiger partial charge in [0.1, 0.15) is 6.29 Å². The molecule has 0 aliphatic heterocycles. The lowest BCUT2D eigenvalue weighted by Gasteiger charge is -2.16. The first-order valence-electron chi connectivity index (χ1n) is 3.10. The molecule has 0 bridgehead atoms. The molecule has 0 aromatic carbocycles. The van der Waals surface area contributed by atoms with Crippen molar-refractivity contribution >= 4 is 23.8 Å². The van der Waals surface area contributed by atoms with Crippen molar-refractivity contribution in [3.05, 3.63) is 11.6 Å². The van der Waals surface area contributed by atoms with Crippen LogP contribution in [0.5, 0.6) is 0 Å². The molecule has 0 fully saturated rings. The van der Waals surface area contributed by atoms with Crippen LogP contribution in [0, 0.1) is 0 Å². The van der Waals surface area contributed by atoms with E-state index in [-0.39, 0.29) is 19.0 Å². The highest BCUT2D eigenvalue weighted by atomic mass is 35.5. The molecule has 0 aliphatic carbocycles. The molecular weight excluding hydrogens is 166 g/mol. The van der Waals surface area contributed by atoms with E-state index >= 15 is 0 Å². The van der Waals surface area contributed by atoms with Gasteiger partial charge in [0.25, 0.3) is 0 Å². The number of hydrogen-bond acceptors (Lipinski definition) is 2. The first kappa shape index (κ1) is 10.2. The summed E-state index contributed by atoms with van der Waals surface area (Å²) < 4.78 is 0. The van der Waals surface area contributed by atoms with Gasteiger partial charge in [-0.3, -0.25) is 4.79 Å². The van der Waals surface area contributed by atoms with E-state index in [1.165, 1.54) is 11.8 Å². The van der Waals surface area contributed by atoms with Crippen LogP contribution < -0.4 is 0 Å². The highest BCUT2D eigenvalue weighted by Gasteiger charge is 2.07. The van der Waals surface area contributed by atoms with Crippen LogP contribution in [-0.2, 0) is 9.59 Å². The van der Waals surface area contributed by atoms with Crippen LogP contribution >= 0.6 is 11.6 Å². The third-order valence-corrected chi connectivity index (χ3v) is 1.22. The van der Waals surface area contributed by atoms with Crippen LogP contribution in [0.15, 0.2) is 11.6 Å². The van der Waals surface area contributed by atoms with Gasteiger partial charge in [-0.2, -0.15) is 0 Å². The number of rotatable bonds is 4. The van der Waals surface area contributed by atoms with Crippen LogP contribution in [-0.4, -0.2) is 30.2 Å². The first-order valence-corrected chi connectivity index (χ1v) is 3.48. The molecule has 0 aromatic rings. The molecule has 0 radical (unpaired) electrons. The first-order chi connectivity index (χ1) is 5.07. The predicted octanol–water partition coefficient (Wildman–Crippen LogP) is 0.786. The summed E-state index contributed by atoms with van der Waals surface area (Å²) >= 11 is 5.45. The van der Waals surface area contributed by atoms with Gasteiger partial charge in [0.15, 0.2) is 0 Å². The lowest BCUT2D eigenvalue weighted by molar-refractivity contribution is -0.130. The minimum absolute atomic E-state index is 0.0705. The Morgan fingerprint density at radius 2 is 2.27 bits per heavy atom. The molecule has 0 N–H and O–H groups in total. The second-order valence-corrected chi connectivity index (χ2v) is 2.62. The fourth-order valence-corrected chi connectivity index (χ4v) is 0.746. The van der Waals surface area contributed by atoms with Crippen LogP contribution in [0.1, 0.15) is 6.92 Å². The summed E-state index contributed by atoms with van der Waals surface area (Å²) in [6.07, 6.45) is 0.654. The SMILES string of the molecule is C=C(Cl)CN(CC=O)C(C)=O. The van der Waals surface area contributed by atoms with E-state index in [1.54, 1.807) is 0 Å². The number of halogens is 1. The molecule has 11 heavy (non-hydrogen) atoms. The zero-order valence-corrected chi connectivity index (χ0v) is 7.10. The fourth-order valence-electron chi connectivity index (χ4n) is 0.602. The van der Waals surface area contributed by atoms with E-state index in [0.29, 0.717) is 11.3 Å².